The average Bonchev–Trinajstić information content (AvgIpc) is 3.25. The third kappa shape index (κ3) is 2.49. The minimum absolute atomic E-state index is 0.0976. The Hall–Kier alpha value is -2.34. The van der Waals surface area contributed by atoms with E-state index in [0.29, 0.717) is 24.6 Å². The van der Waals surface area contributed by atoms with Crippen LogP contribution in [0.15, 0.2) is 39.7 Å². The molecule has 6 nitrogen and oxygen atoms in total. The van der Waals surface area contributed by atoms with Crippen molar-refractivity contribution in [2.45, 2.75) is 31.4 Å². The lowest BCUT2D eigenvalue weighted by Gasteiger charge is -2.37. The number of rotatable bonds is 2. The van der Waals surface area contributed by atoms with Gasteiger partial charge in [-0.3, -0.25) is 9.59 Å². The first-order chi connectivity index (χ1) is 11.2. The number of amides is 1. The number of pyridine rings is 1. The lowest BCUT2D eigenvalue weighted by Crippen LogP contribution is -2.52. The zero-order chi connectivity index (χ0) is 15.8. The van der Waals surface area contributed by atoms with Gasteiger partial charge >= 0.3 is 0 Å². The molecule has 3 heterocycles. The van der Waals surface area contributed by atoms with Gasteiger partial charge in [-0.05, 0) is 43.5 Å². The SMILES string of the molecule is O=C(c1ccc(-c2ccco2)[nH]c1=O)N1CCO[C@H]2CCC[C@H]21. The number of nitrogens with one attached hydrogen (secondary N) is 1. The van der Waals surface area contributed by atoms with E-state index in [1.807, 2.05) is 0 Å². The van der Waals surface area contributed by atoms with Crippen molar-refractivity contribution < 1.29 is 13.9 Å². The summed E-state index contributed by atoms with van der Waals surface area (Å²) in [4.78, 5) is 29.7. The first-order valence-electron chi connectivity index (χ1n) is 7.94. The Morgan fingerprint density at radius 1 is 1.26 bits per heavy atom. The van der Waals surface area contributed by atoms with Crippen molar-refractivity contribution >= 4 is 5.91 Å². The number of aromatic nitrogens is 1. The molecule has 1 aliphatic heterocycles. The summed E-state index contributed by atoms with van der Waals surface area (Å²) in [6.45, 7) is 1.08. The van der Waals surface area contributed by atoms with Crippen LogP contribution in [0.4, 0.5) is 0 Å². The summed E-state index contributed by atoms with van der Waals surface area (Å²) in [5.74, 6) is 0.362. The van der Waals surface area contributed by atoms with Gasteiger partial charge in [-0.15, -0.1) is 0 Å². The van der Waals surface area contributed by atoms with Crippen LogP contribution < -0.4 is 5.56 Å². The van der Waals surface area contributed by atoms with Crippen LogP contribution in [0.2, 0.25) is 0 Å². The highest BCUT2D eigenvalue weighted by molar-refractivity contribution is 5.94. The summed E-state index contributed by atoms with van der Waals surface area (Å²) in [6.07, 6.45) is 4.66. The van der Waals surface area contributed by atoms with E-state index in [4.69, 9.17) is 9.15 Å². The first-order valence-corrected chi connectivity index (χ1v) is 7.94. The summed E-state index contributed by atoms with van der Waals surface area (Å²) in [5, 5.41) is 0. The number of carbonyl (C=O) groups excluding carboxylic acids is 1. The molecule has 0 bridgehead atoms. The number of nitrogens with zero attached hydrogens (tertiary/aromatic N) is 1. The summed E-state index contributed by atoms with van der Waals surface area (Å²) in [7, 11) is 0. The van der Waals surface area contributed by atoms with Gasteiger partial charge in [0.15, 0.2) is 0 Å². The lowest BCUT2D eigenvalue weighted by molar-refractivity contribution is -0.0446. The summed E-state index contributed by atoms with van der Waals surface area (Å²) in [6, 6.07) is 6.90. The predicted octanol–water partition coefficient (Wildman–Crippen LogP) is 2.03. The molecule has 1 amide bonds. The van der Waals surface area contributed by atoms with Gasteiger partial charge < -0.3 is 19.0 Å². The molecule has 0 radical (unpaired) electrons. The Kier molecular flexibility index (Phi) is 3.53. The topological polar surface area (TPSA) is 75.5 Å². The van der Waals surface area contributed by atoms with E-state index in [-0.39, 0.29) is 29.2 Å². The van der Waals surface area contributed by atoms with Gasteiger partial charge in [0.05, 0.1) is 30.7 Å². The number of H-pyrrole nitrogens is 1. The van der Waals surface area contributed by atoms with Crippen LogP contribution in [0.3, 0.4) is 0 Å². The molecule has 2 atom stereocenters. The number of hydrogen-bond acceptors (Lipinski definition) is 4. The summed E-state index contributed by atoms with van der Waals surface area (Å²) >= 11 is 0. The maximum absolute atomic E-state index is 12.8. The molecule has 2 aliphatic rings. The maximum Gasteiger partial charge on any atom is 0.261 e. The van der Waals surface area contributed by atoms with Crippen molar-refractivity contribution in [3.63, 3.8) is 0 Å². The molecule has 1 N–H and O–H groups in total. The third-order valence-electron chi connectivity index (χ3n) is 4.67. The number of fused-ring (bicyclic) bond motifs is 1. The van der Waals surface area contributed by atoms with Crippen LogP contribution in [0.25, 0.3) is 11.5 Å². The molecule has 1 saturated carbocycles. The number of carbonyl (C=O) groups is 1. The quantitative estimate of drug-likeness (QED) is 0.920. The molecular weight excluding hydrogens is 296 g/mol. The highest BCUT2D eigenvalue weighted by Crippen LogP contribution is 2.30. The van der Waals surface area contributed by atoms with Gasteiger partial charge in [0.1, 0.15) is 11.3 Å². The summed E-state index contributed by atoms with van der Waals surface area (Å²) < 4.78 is 11.0. The Morgan fingerprint density at radius 2 is 2.17 bits per heavy atom. The van der Waals surface area contributed by atoms with Crippen LogP contribution in [0.1, 0.15) is 29.6 Å². The van der Waals surface area contributed by atoms with Crippen molar-refractivity contribution in [2.24, 2.45) is 0 Å². The second-order valence-corrected chi connectivity index (χ2v) is 6.00. The minimum Gasteiger partial charge on any atom is -0.463 e. The number of aromatic amines is 1. The van der Waals surface area contributed by atoms with Gasteiger partial charge in [0.25, 0.3) is 11.5 Å². The second-order valence-electron chi connectivity index (χ2n) is 6.00. The van der Waals surface area contributed by atoms with E-state index in [9.17, 15) is 9.59 Å². The fraction of sp³-hybridized carbons (Fsp3) is 0.412. The zero-order valence-electron chi connectivity index (χ0n) is 12.7. The fourth-order valence-electron chi connectivity index (χ4n) is 3.55. The van der Waals surface area contributed by atoms with Crippen LogP contribution in [0.5, 0.6) is 0 Å². The van der Waals surface area contributed by atoms with Crippen molar-refractivity contribution in [3.8, 4) is 11.5 Å². The molecule has 1 saturated heterocycles. The molecule has 2 aromatic rings. The molecule has 2 aromatic heterocycles. The molecule has 0 unspecified atom stereocenters. The molecule has 0 spiro atoms. The van der Waals surface area contributed by atoms with E-state index in [2.05, 4.69) is 4.98 Å². The second kappa shape index (κ2) is 5.70. The molecule has 0 aromatic carbocycles. The van der Waals surface area contributed by atoms with Gasteiger partial charge in [0.2, 0.25) is 0 Å². The standard InChI is InChI=1S/C17H18N2O4/c20-16-11(6-7-12(18-16)14-5-2-9-22-14)17(21)19-8-10-23-15-4-1-3-13(15)19/h2,5-7,9,13,15H,1,3-4,8,10H2,(H,18,20)/t13-,15+/m1/s1. The Labute approximate surface area is 133 Å². The van der Waals surface area contributed by atoms with E-state index in [0.717, 1.165) is 19.3 Å². The Morgan fingerprint density at radius 3 is 2.96 bits per heavy atom. The van der Waals surface area contributed by atoms with Crippen molar-refractivity contribution in [1.82, 2.24) is 9.88 Å². The van der Waals surface area contributed by atoms with E-state index in [1.165, 1.54) is 0 Å². The molecule has 23 heavy (non-hydrogen) atoms. The molecule has 120 valence electrons. The smallest absolute Gasteiger partial charge is 0.261 e. The van der Waals surface area contributed by atoms with Crippen molar-refractivity contribution in [3.05, 3.63) is 46.4 Å². The van der Waals surface area contributed by atoms with Crippen LogP contribution >= 0.6 is 0 Å². The normalized spacial score (nSPS) is 23.7. The lowest BCUT2D eigenvalue weighted by atomic mass is 10.1. The maximum atomic E-state index is 12.8. The van der Waals surface area contributed by atoms with Crippen LogP contribution in [-0.4, -0.2) is 41.1 Å². The van der Waals surface area contributed by atoms with Gasteiger partial charge in [-0.25, -0.2) is 0 Å². The van der Waals surface area contributed by atoms with E-state index >= 15 is 0 Å². The fourth-order valence-corrected chi connectivity index (χ4v) is 3.55. The molecule has 1 aliphatic carbocycles. The van der Waals surface area contributed by atoms with Crippen molar-refractivity contribution in [2.75, 3.05) is 13.2 Å². The van der Waals surface area contributed by atoms with Crippen LogP contribution in [-0.2, 0) is 4.74 Å². The predicted molar refractivity (Wildman–Crippen MR) is 83.2 cm³/mol. The summed E-state index contributed by atoms with van der Waals surface area (Å²) in [5.41, 5.74) is 0.357. The zero-order valence-corrected chi connectivity index (χ0v) is 12.7. The van der Waals surface area contributed by atoms with E-state index < -0.39 is 0 Å². The molecule has 4 rings (SSSR count). The molecule has 2 fully saturated rings. The van der Waals surface area contributed by atoms with Crippen molar-refractivity contribution in [1.29, 1.82) is 0 Å². The molecular formula is C17H18N2O4. The number of ether oxygens (including phenoxy) is 1. The van der Waals surface area contributed by atoms with Gasteiger partial charge in [-0.2, -0.15) is 0 Å². The highest BCUT2D eigenvalue weighted by Gasteiger charge is 2.39. The van der Waals surface area contributed by atoms with E-state index in [1.54, 1.807) is 35.4 Å². The largest absolute Gasteiger partial charge is 0.463 e. The Balaban J connectivity index is 1.62. The average molecular weight is 314 g/mol. The van der Waals surface area contributed by atoms with Gasteiger partial charge in [-0.1, -0.05) is 0 Å². The molecule has 6 heteroatoms. The first kappa shape index (κ1) is 14.3. The number of furan rings is 1. The monoisotopic (exact) mass is 314 g/mol. The Bertz CT molecular complexity index is 765. The van der Waals surface area contributed by atoms with Crippen LogP contribution in [0, 0.1) is 0 Å². The highest BCUT2D eigenvalue weighted by atomic mass is 16.5. The number of hydrogen-bond donors (Lipinski definition) is 1. The van der Waals surface area contributed by atoms with Gasteiger partial charge in [0, 0.05) is 6.54 Å². The third-order valence-corrected chi connectivity index (χ3v) is 4.67. The minimum atomic E-state index is -0.384. The number of morpholine rings is 1.